The van der Waals surface area contributed by atoms with Gasteiger partial charge in [-0.15, -0.1) is 0 Å². The van der Waals surface area contributed by atoms with Crippen LogP contribution in [0.25, 0.3) is 6.08 Å². The Balaban J connectivity index is 2.22. The summed E-state index contributed by atoms with van der Waals surface area (Å²) < 4.78 is 16.1. The van der Waals surface area contributed by atoms with Crippen molar-refractivity contribution in [1.82, 2.24) is 4.90 Å². The molecule has 1 saturated heterocycles. The summed E-state index contributed by atoms with van der Waals surface area (Å²) in [7, 11) is 2.85. The van der Waals surface area contributed by atoms with E-state index < -0.39 is 12.0 Å². The Bertz CT molecular complexity index is 762. The summed E-state index contributed by atoms with van der Waals surface area (Å²) in [6.07, 6.45) is 3.74. The van der Waals surface area contributed by atoms with Gasteiger partial charge in [-0.2, -0.15) is 0 Å². The second-order valence-electron chi connectivity index (χ2n) is 5.86. The molecule has 1 atom stereocenters. The standard InChI is InChI=1S/C19H23NO5S2/c1-5-6-9-25-14-8-7-13(10-15(14)23-3)11-16-17(21)20(19(26)27-16)12(2)18(22)24-4/h7-8,10-12H,5-6,9H2,1-4H3/b16-11-/t12-/m0/s1. The number of amides is 1. The molecular weight excluding hydrogens is 386 g/mol. The van der Waals surface area contributed by atoms with E-state index in [9.17, 15) is 9.59 Å². The lowest BCUT2D eigenvalue weighted by Gasteiger charge is -2.20. The number of thioether (sulfide) groups is 1. The second kappa shape index (κ2) is 9.75. The number of methoxy groups -OCH3 is 2. The molecule has 146 valence electrons. The van der Waals surface area contributed by atoms with Crippen LogP contribution < -0.4 is 9.47 Å². The molecule has 1 aromatic carbocycles. The highest BCUT2D eigenvalue weighted by atomic mass is 32.2. The first-order valence-corrected chi connectivity index (χ1v) is 9.81. The van der Waals surface area contributed by atoms with E-state index in [-0.39, 0.29) is 5.91 Å². The molecule has 1 aliphatic heterocycles. The maximum absolute atomic E-state index is 12.7. The minimum absolute atomic E-state index is 0.315. The summed E-state index contributed by atoms with van der Waals surface area (Å²) in [5.74, 6) is 0.432. The predicted molar refractivity (Wildman–Crippen MR) is 110 cm³/mol. The molecule has 2 rings (SSSR count). The van der Waals surface area contributed by atoms with Crippen LogP contribution in [0, 0.1) is 0 Å². The number of esters is 1. The van der Waals surface area contributed by atoms with E-state index in [0.29, 0.717) is 27.3 Å². The number of thiocarbonyl (C=S) groups is 1. The molecular formula is C19H23NO5S2. The maximum atomic E-state index is 12.7. The normalized spacial score (nSPS) is 16.6. The van der Waals surface area contributed by atoms with Crippen LogP contribution in [0.2, 0.25) is 0 Å². The van der Waals surface area contributed by atoms with Crippen LogP contribution in [-0.4, -0.2) is 48.0 Å². The number of carbonyl (C=O) groups is 2. The Labute approximate surface area is 168 Å². The molecule has 1 heterocycles. The average molecular weight is 410 g/mol. The van der Waals surface area contributed by atoms with Crippen molar-refractivity contribution in [2.24, 2.45) is 0 Å². The van der Waals surface area contributed by atoms with Crippen LogP contribution in [0.1, 0.15) is 32.3 Å². The molecule has 8 heteroatoms. The first-order valence-electron chi connectivity index (χ1n) is 8.58. The largest absolute Gasteiger partial charge is 0.493 e. The lowest BCUT2D eigenvalue weighted by molar-refractivity contribution is -0.147. The van der Waals surface area contributed by atoms with E-state index in [1.165, 1.54) is 12.0 Å². The third-order valence-corrected chi connectivity index (χ3v) is 5.32. The highest BCUT2D eigenvalue weighted by molar-refractivity contribution is 8.26. The summed E-state index contributed by atoms with van der Waals surface area (Å²) in [6, 6.07) is 4.70. The molecule has 1 aromatic rings. The number of nitrogens with zero attached hydrogens (tertiary/aromatic N) is 1. The topological polar surface area (TPSA) is 65.1 Å². The van der Waals surface area contributed by atoms with Crippen molar-refractivity contribution in [2.45, 2.75) is 32.7 Å². The van der Waals surface area contributed by atoms with Crippen LogP contribution in [0.15, 0.2) is 23.1 Å². The van der Waals surface area contributed by atoms with E-state index >= 15 is 0 Å². The average Bonchev–Trinajstić information content (AvgIpc) is 2.94. The minimum atomic E-state index is -0.766. The van der Waals surface area contributed by atoms with Crippen molar-refractivity contribution in [3.8, 4) is 11.5 Å². The summed E-state index contributed by atoms with van der Waals surface area (Å²) in [5, 5.41) is 0. The summed E-state index contributed by atoms with van der Waals surface area (Å²) >= 11 is 6.41. The zero-order valence-electron chi connectivity index (χ0n) is 15.8. The number of carbonyl (C=O) groups excluding carboxylic acids is 2. The fraction of sp³-hybridized carbons (Fsp3) is 0.421. The van der Waals surface area contributed by atoms with Crippen molar-refractivity contribution >= 4 is 46.3 Å². The highest BCUT2D eigenvalue weighted by Crippen LogP contribution is 2.35. The fourth-order valence-electron chi connectivity index (χ4n) is 2.46. The van der Waals surface area contributed by atoms with Gasteiger partial charge in [0.25, 0.3) is 5.91 Å². The lowest BCUT2D eigenvalue weighted by Crippen LogP contribution is -2.42. The van der Waals surface area contributed by atoms with Gasteiger partial charge in [-0.05, 0) is 37.1 Å². The van der Waals surface area contributed by atoms with E-state index in [1.54, 1.807) is 26.2 Å². The molecule has 0 unspecified atom stereocenters. The molecule has 0 aliphatic carbocycles. The van der Waals surface area contributed by atoms with Gasteiger partial charge < -0.3 is 14.2 Å². The molecule has 0 saturated carbocycles. The van der Waals surface area contributed by atoms with Gasteiger partial charge in [0.2, 0.25) is 0 Å². The van der Waals surface area contributed by atoms with Gasteiger partial charge in [0.15, 0.2) is 11.5 Å². The van der Waals surface area contributed by atoms with E-state index in [0.717, 1.165) is 30.2 Å². The van der Waals surface area contributed by atoms with E-state index in [2.05, 4.69) is 6.92 Å². The van der Waals surface area contributed by atoms with Crippen molar-refractivity contribution in [3.05, 3.63) is 28.7 Å². The Hall–Kier alpha value is -2.06. The molecule has 0 aromatic heterocycles. The number of hydrogen-bond donors (Lipinski definition) is 0. The number of ether oxygens (including phenoxy) is 3. The molecule has 0 bridgehead atoms. The van der Waals surface area contributed by atoms with Gasteiger partial charge in [0.05, 0.1) is 25.7 Å². The Kier molecular flexibility index (Phi) is 7.67. The van der Waals surface area contributed by atoms with Gasteiger partial charge >= 0.3 is 5.97 Å². The summed E-state index contributed by atoms with van der Waals surface area (Å²) in [5.41, 5.74) is 0.779. The molecule has 1 amide bonds. The number of hydrogen-bond acceptors (Lipinski definition) is 7. The van der Waals surface area contributed by atoms with Gasteiger partial charge in [-0.1, -0.05) is 43.4 Å². The highest BCUT2D eigenvalue weighted by Gasteiger charge is 2.38. The smallest absolute Gasteiger partial charge is 0.328 e. The van der Waals surface area contributed by atoms with Crippen molar-refractivity contribution in [1.29, 1.82) is 0 Å². The number of rotatable bonds is 8. The van der Waals surface area contributed by atoms with E-state index in [4.69, 9.17) is 26.4 Å². The third-order valence-electron chi connectivity index (χ3n) is 3.99. The molecule has 1 aliphatic rings. The van der Waals surface area contributed by atoms with Crippen molar-refractivity contribution in [2.75, 3.05) is 20.8 Å². The maximum Gasteiger partial charge on any atom is 0.328 e. The fourth-order valence-corrected chi connectivity index (χ4v) is 3.88. The molecule has 0 radical (unpaired) electrons. The second-order valence-corrected chi connectivity index (χ2v) is 7.54. The zero-order valence-corrected chi connectivity index (χ0v) is 17.4. The minimum Gasteiger partial charge on any atom is -0.493 e. The van der Waals surface area contributed by atoms with Crippen LogP contribution >= 0.6 is 24.0 Å². The number of benzene rings is 1. The van der Waals surface area contributed by atoms with Crippen molar-refractivity contribution < 1.29 is 23.8 Å². The molecule has 0 N–H and O–H groups in total. The lowest BCUT2D eigenvalue weighted by atomic mass is 10.1. The van der Waals surface area contributed by atoms with Crippen LogP contribution in [0.5, 0.6) is 11.5 Å². The molecule has 0 spiro atoms. The molecule has 6 nitrogen and oxygen atoms in total. The first kappa shape index (κ1) is 21.2. The van der Waals surface area contributed by atoms with E-state index in [1.807, 2.05) is 12.1 Å². The van der Waals surface area contributed by atoms with Crippen LogP contribution in [-0.2, 0) is 14.3 Å². The quantitative estimate of drug-likeness (QED) is 0.281. The summed E-state index contributed by atoms with van der Waals surface area (Å²) in [6.45, 7) is 4.31. The zero-order chi connectivity index (χ0) is 20.0. The Morgan fingerprint density at radius 2 is 2.07 bits per heavy atom. The monoisotopic (exact) mass is 409 g/mol. The van der Waals surface area contributed by atoms with Crippen LogP contribution in [0.4, 0.5) is 0 Å². The SMILES string of the molecule is CCCCOc1ccc(/C=C2\SC(=S)N([C@@H](C)C(=O)OC)C2=O)cc1OC. The van der Waals surface area contributed by atoms with Crippen molar-refractivity contribution in [3.63, 3.8) is 0 Å². The number of unbranched alkanes of at least 4 members (excludes halogenated alkanes) is 1. The van der Waals surface area contributed by atoms with Gasteiger partial charge in [0.1, 0.15) is 10.4 Å². The predicted octanol–water partition coefficient (Wildman–Crippen LogP) is 3.64. The first-order chi connectivity index (χ1) is 12.9. The third kappa shape index (κ3) is 5.01. The molecule has 1 fully saturated rings. The van der Waals surface area contributed by atoms with Gasteiger partial charge in [0, 0.05) is 0 Å². The molecule has 27 heavy (non-hydrogen) atoms. The van der Waals surface area contributed by atoms with Crippen LogP contribution in [0.3, 0.4) is 0 Å². The summed E-state index contributed by atoms with van der Waals surface area (Å²) in [4.78, 5) is 26.1. The van der Waals surface area contributed by atoms with Gasteiger partial charge in [-0.3, -0.25) is 9.69 Å². The Morgan fingerprint density at radius 1 is 1.33 bits per heavy atom. The Morgan fingerprint density at radius 3 is 2.70 bits per heavy atom. The van der Waals surface area contributed by atoms with Gasteiger partial charge in [-0.25, -0.2) is 4.79 Å².